The average Bonchev–Trinajstić information content (AvgIpc) is 3.46. The fraction of sp³-hybridized carbons (Fsp3) is 0.0625. The summed E-state index contributed by atoms with van der Waals surface area (Å²) in [7, 11) is 1.82. The molecule has 0 aliphatic rings. The summed E-state index contributed by atoms with van der Waals surface area (Å²) in [6.07, 6.45) is 1.46. The van der Waals surface area contributed by atoms with E-state index in [1.807, 2.05) is 74.6 Å². The van der Waals surface area contributed by atoms with E-state index in [1.54, 1.807) is 10.6 Å². The Kier molecular flexibility index (Phi) is 4.49. The Balaban J connectivity index is 1.54. The Bertz CT molecular complexity index is 2090. The van der Waals surface area contributed by atoms with Crippen molar-refractivity contribution in [3.05, 3.63) is 102 Å². The van der Waals surface area contributed by atoms with Gasteiger partial charge in [-0.15, -0.1) is 0 Å². The van der Waals surface area contributed by atoms with Crippen LogP contribution in [0.25, 0.3) is 66.3 Å². The van der Waals surface area contributed by atoms with E-state index in [1.165, 1.54) is 12.3 Å². The molecule has 0 amide bonds. The first-order valence-electron chi connectivity index (χ1n) is 12.0. The Morgan fingerprint density at radius 1 is 0.784 bits per heavy atom. The van der Waals surface area contributed by atoms with E-state index in [4.69, 9.17) is 8.83 Å². The summed E-state index contributed by atoms with van der Waals surface area (Å²) in [5.41, 5.74) is 8.03. The summed E-state index contributed by atoms with van der Waals surface area (Å²) in [6, 6.07) is 27.4. The Morgan fingerprint density at radius 3 is 2.43 bits per heavy atom. The molecule has 0 radical (unpaired) electrons. The molecule has 3 heterocycles. The number of hydrogen-bond donors (Lipinski definition) is 0. The van der Waals surface area contributed by atoms with Crippen molar-refractivity contribution in [1.82, 2.24) is 0 Å². The van der Waals surface area contributed by atoms with Crippen LogP contribution in [0.5, 0.6) is 0 Å². The number of hydrogen-bond acceptors (Lipinski definition) is 3. The zero-order chi connectivity index (χ0) is 25.3. The lowest BCUT2D eigenvalue weighted by Crippen LogP contribution is -2.31. The zero-order valence-corrected chi connectivity index (χ0v) is 20.2. The number of nitrogens with zero attached hydrogens (tertiary/aromatic N) is 2. The van der Waals surface area contributed by atoms with Crippen LogP contribution in [0.4, 0.5) is 4.39 Å². The number of pyridine rings is 1. The summed E-state index contributed by atoms with van der Waals surface area (Å²) in [5, 5.41) is 13.7. The maximum atomic E-state index is 13.9. The normalized spacial score (nSPS) is 11.6. The van der Waals surface area contributed by atoms with Gasteiger partial charge in [0.05, 0.1) is 17.2 Å². The fourth-order valence-corrected chi connectivity index (χ4v) is 5.36. The molecule has 0 aliphatic heterocycles. The molecule has 37 heavy (non-hydrogen) atoms. The second-order valence-electron chi connectivity index (χ2n) is 9.40. The molecule has 0 aliphatic carbocycles. The van der Waals surface area contributed by atoms with E-state index >= 15 is 0 Å². The number of furan rings is 2. The van der Waals surface area contributed by atoms with Gasteiger partial charge in [-0.05, 0) is 54.4 Å². The van der Waals surface area contributed by atoms with E-state index in [9.17, 15) is 9.65 Å². The Hall–Kier alpha value is -4.95. The maximum absolute atomic E-state index is 13.9. The molecular formula is C32H20FN2O2+. The lowest BCUT2D eigenvalue weighted by molar-refractivity contribution is -0.661. The molecule has 4 aromatic carbocycles. The molecule has 0 bridgehead atoms. The highest BCUT2D eigenvalue weighted by Gasteiger charge is 2.23. The number of aromatic nitrogens is 1. The summed E-state index contributed by atoms with van der Waals surface area (Å²) < 4.78 is 28.4. The molecule has 7 aromatic rings. The van der Waals surface area contributed by atoms with Gasteiger partial charge in [0.15, 0.2) is 5.82 Å². The molecule has 4 nitrogen and oxygen atoms in total. The van der Waals surface area contributed by atoms with Crippen LogP contribution in [0.2, 0.25) is 0 Å². The molecule has 176 valence electrons. The highest BCUT2D eigenvalue weighted by molar-refractivity contribution is 6.14. The minimum absolute atomic E-state index is 0.303. The molecule has 0 unspecified atom stereocenters. The summed E-state index contributed by atoms with van der Waals surface area (Å²) in [5.74, 6) is -0.303. The molecule has 0 fully saturated rings. The summed E-state index contributed by atoms with van der Waals surface area (Å²) in [4.78, 5) is 0. The van der Waals surface area contributed by atoms with Gasteiger partial charge in [0.25, 0.3) is 0 Å². The number of halogens is 1. The highest BCUT2D eigenvalue weighted by Crippen LogP contribution is 2.42. The average molecular weight is 484 g/mol. The van der Waals surface area contributed by atoms with E-state index in [0.29, 0.717) is 16.7 Å². The van der Waals surface area contributed by atoms with Crippen LogP contribution in [0.1, 0.15) is 11.1 Å². The zero-order valence-electron chi connectivity index (χ0n) is 20.2. The molecule has 5 heteroatoms. The molecule has 0 saturated heterocycles. The second-order valence-corrected chi connectivity index (χ2v) is 9.40. The lowest BCUT2D eigenvalue weighted by atomic mass is 9.97. The van der Waals surface area contributed by atoms with Crippen LogP contribution >= 0.6 is 0 Å². The maximum Gasteiger partial charge on any atom is 0.216 e. The van der Waals surface area contributed by atoms with Crippen molar-refractivity contribution in [2.24, 2.45) is 7.05 Å². The molecule has 0 N–H and O–H groups in total. The molecule has 3 aromatic heterocycles. The SMILES string of the molecule is Cc1ccc2c(oc3c(-c4ccc5c(c4)oc4ccccc45)cc(C#N)cc32)c1-c1ccc(F)c[n+]1C. The van der Waals surface area contributed by atoms with E-state index in [-0.39, 0.29) is 5.82 Å². The predicted molar refractivity (Wildman–Crippen MR) is 142 cm³/mol. The summed E-state index contributed by atoms with van der Waals surface area (Å²) in [6.45, 7) is 2.02. The van der Waals surface area contributed by atoms with Gasteiger partial charge in [-0.3, -0.25) is 0 Å². The predicted octanol–water partition coefficient (Wildman–Crippen LogP) is 7.96. The van der Waals surface area contributed by atoms with Gasteiger partial charge in [0, 0.05) is 33.2 Å². The largest absolute Gasteiger partial charge is 0.456 e. The smallest absolute Gasteiger partial charge is 0.216 e. The van der Waals surface area contributed by atoms with Gasteiger partial charge in [0.1, 0.15) is 29.4 Å². The van der Waals surface area contributed by atoms with Crippen LogP contribution in [0.15, 0.2) is 93.9 Å². The van der Waals surface area contributed by atoms with Crippen LogP contribution < -0.4 is 4.57 Å². The molecule has 7 rings (SSSR count). The first-order chi connectivity index (χ1) is 18.0. The van der Waals surface area contributed by atoms with Gasteiger partial charge < -0.3 is 8.83 Å². The third-order valence-electron chi connectivity index (χ3n) is 7.12. The van der Waals surface area contributed by atoms with Gasteiger partial charge in [-0.1, -0.05) is 36.4 Å². The number of para-hydroxylation sites is 1. The first kappa shape index (κ1) is 21.3. The van der Waals surface area contributed by atoms with Crippen molar-refractivity contribution in [1.29, 1.82) is 5.26 Å². The van der Waals surface area contributed by atoms with Crippen molar-refractivity contribution in [3.63, 3.8) is 0 Å². The van der Waals surface area contributed by atoms with Crippen LogP contribution in [0, 0.1) is 24.1 Å². The number of benzene rings is 4. The lowest BCUT2D eigenvalue weighted by Gasteiger charge is -2.05. The topological polar surface area (TPSA) is 54.0 Å². The van der Waals surface area contributed by atoms with Crippen LogP contribution in [-0.2, 0) is 7.05 Å². The van der Waals surface area contributed by atoms with E-state index in [2.05, 4.69) is 12.1 Å². The first-order valence-corrected chi connectivity index (χ1v) is 12.0. The number of nitriles is 1. The molecule has 0 spiro atoms. The van der Waals surface area contributed by atoms with Crippen molar-refractivity contribution < 1.29 is 17.8 Å². The minimum atomic E-state index is -0.303. The number of rotatable bonds is 2. The van der Waals surface area contributed by atoms with Crippen molar-refractivity contribution in [3.8, 4) is 28.5 Å². The van der Waals surface area contributed by atoms with Crippen LogP contribution in [0.3, 0.4) is 0 Å². The fourth-order valence-electron chi connectivity index (χ4n) is 5.36. The third kappa shape index (κ3) is 3.16. The Labute approximate surface area is 211 Å². The van der Waals surface area contributed by atoms with Crippen LogP contribution in [-0.4, -0.2) is 0 Å². The molecule has 0 atom stereocenters. The number of aryl methyl sites for hydroxylation is 2. The number of fused-ring (bicyclic) bond motifs is 6. The Morgan fingerprint density at radius 2 is 1.59 bits per heavy atom. The van der Waals surface area contributed by atoms with E-state index in [0.717, 1.165) is 60.7 Å². The highest BCUT2D eigenvalue weighted by atomic mass is 19.1. The van der Waals surface area contributed by atoms with E-state index < -0.39 is 0 Å². The van der Waals surface area contributed by atoms with Crippen molar-refractivity contribution >= 4 is 43.9 Å². The quantitative estimate of drug-likeness (QED) is 0.234. The monoisotopic (exact) mass is 483 g/mol. The molecular weight excluding hydrogens is 463 g/mol. The van der Waals surface area contributed by atoms with Crippen molar-refractivity contribution in [2.75, 3.05) is 0 Å². The van der Waals surface area contributed by atoms with Crippen molar-refractivity contribution in [2.45, 2.75) is 6.92 Å². The van der Waals surface area contributed by atoms with Gasteiger partial charge in [0.2, 0.25) is 11.9 Å². The third-order valence-corrected chi connectivity index (χ3v) is 7.12. The van der Waals surface area contributed by atoms with Gasteiger partial charge >= 0.3 is 0 Å². The summed E-state index contributed by atoms with van der Waals surface area (Å²) >= 11 is 0. The molecule has 0 saturated carbocycles. The van der Waals surface area contributed by atoms with Gasteiger partial charge in [-0.2, -0.15) is 9.83 Å². The standard InChI is InChI=1S/C32H20FN2O2/c1-18-7-10-24-26-14-19(16-34)13-25(20-8-11-23-22-5-3-4-6-28(22)36-29(23)15-20)31(26)37-32(24)30(18)27-12-9-21(33)17-35(27)2/h3-15,17H,1-2H3/q+1. The second kappa shape index (κ2) is 7.78. The minimum Gasteiger partial charge on any atom is -0.456 e. The van der Waals surface area contributed by atoms with Gasteiger partial charge in [-0.25, -0.2) is 4.39 Å².